The molecule has 0 spiro atoms. The highest BCUT2D eigenvalue weighted by Crippen LogP contribution is 2.12. The smallest absolute Gasteiger partial charge is 0.0586 e. The number of nitrogens with zero attached hydrogens (tertiary/aromatic N) is 1. The molecule has 2 heteroatoms. The maximum Gasteiger partial charge on any atom is 0.0586 e. The van der Waals surface area contributed by atoms with Gasteiger partial charge in [0, 0.05) is 6.04 Å². The molecule has 0 fully saturated rings. The molecule has 0 aliphatic rings. The molecule has 0 bridgehead atoms. The van der Waals surface area contributed by atoms with E-state index in [1.807, 2.05) is 0 Å². The van der Waals surface area contributed by atoms with E-state index < -0.39 is 0 Å². The first-order valence-electron chi connectivity index (χ1n) is 7.99. The minimum atomic E-state index is 0.296. The van der Waals surface area contributed by atoms with Crippen LogP contribution in [0.3, 0.4) is 0 Å². The van der Waals surface area contributed by atoms with Gasteiger partial charge in [-0.3, -0.25) is 0 Å². The highest BCUT2D eigenvalue weighted by molar-refractivity contribution is 4.64. The second kappa shape index (κ2) is 13.4. The first-order valence-corrected chi connectivity index (χ1v) is 7.99. The summed E-state index contributed by atoms with van der Waals surface area (Å²) >= 11 is 0. The molecule has 0 saturated carbocycles. The summed E-state index contributed by atoms with van der Waals surface area (Å²) in [7, 11) is 4.11. The zero-order valence-corrected chi connectivity index (χ0v) is 13.0. The molecule has 0 aliphatic heterocycles. The van der Waals surface area contributed by atoms with Crippen molar-refractivity contribution in [2.45, 2.75) is 83.6 Å². The Bertz CT molecular complexity index is 159. The Labute approximate surface area is 115 Å². The van der Waals surface area contributed by atoms with E-state index in [0.717, 1.165) is 6.42 Å². The third-order valence-electron chi connectivity index (χ3n) is 3.83. The topological polar surface area (TPSA) is 23.5 Å². The van der Waals surface area contributed by atoms with Crippen molar-refractivity contribution in [2.75, 3.05) is 20.7 Å². The fourth-order valence-corrected chi connectivity index (χ4v) is 2.38. The largest absolute Gasteiger partial charge is 0.395 e. The number of aliphatic hydroxyl groups excluding tert-OH is 1. The summed E-state index contributed by atoms with van der Waals surface area (Å²) in [6.45, 7) is 2.57. The van der Waals surface area contributed by atoms with Gasteiger partial charge in [0.05, 0.1) is 6.61 Å². The molecule has 2 nitrogen and oxygen atoms in total. The fourth-order valence-electron chi connectivity index (χ4n) is 2.38. The zero-order valence-electron chi connectivity index (χ0n) is 13.0. The van der Waals surface area contributed by atoms with Crippen molar-refractivity contribution in [1.29, 1.82) is 0 Å². The molecular weight excluding hydrogens is 222 g/mol. The van der Waals surface area contributed by atoms with Crippen LogP contribution in [0.4, 0.5) is 0 Å². The van der Waals surface area contributed by atoms with Crippen LogP contribution in [0.5, 0.6) is 0 Å². The molecule has 110 valence electrons. The van der Waals surface area contributed by atoms with Gasteiger partial charge >= 0.3 is 0 Å². The van der Waals surface area contributed by atoms with Crippen LogP contribution in [0.15, 0.2) is 0 Å². The van der Waals surface area contributed by atoms with E-state index in [9.17, 15) is 5.11 Å². The van der Waals surface area contributed by atoms with Gasteiger partial charge in [0.25, 0.3) is 0 Å². The summed E-state index contributed by atoms with van der Waals surface area (Å²) in [5.41, 5.74) is 0. The standard InChI is InChI=1S/C16H35NO/c1-4-5-6-7-8-9-10-11-12-13-14-16(15-18)17(2)3/h16,18H,4-15H2,1-3H3. The van der Waals surface area contributed by atoms with Crippen LogP contribution in [0, 0.1) is 0 Å². The third-order valence-corrected chi connectivity index (χ3v) is 3.83. The number of likely N-dealkylation sites (N-methyl/N-ethyl adjacent to an activating group) is 1. The van der Waals surface area contributed by atoms with Crippen molar-refractivity contribution >= 4 is 0 Å². The van der Waals surface area contributed by atoms with E-state index in [1.54, 1.807) is 0 Å². The number of hydrogen-bond acceptors (Lipinski definition) is 2. The molecular formula is C16H35NO. The van der Waals surface area contributed by atoms with Crippen LogP contribution >= 0.6 is 0 Å². The first-order chi connectivity index (χ1) is 8.72. The predicted octanol–water partition coefficient (Wildman–Crippen LogP) is 4.22. The van der Waals surface area contributed by atoms with E-state index in [2.05, 4.69) is 25.9 Å². The van der Waals surface area contributed by atoms with Gasteiger partial charge in [-0.15, -0.1) is 0 Å². The van der Waals surface area contributed by atoms with E-state index in [-0.39, 0.29) is 0 Å². The Kier molecular flexibility index (Phi) is 13.3. The van der Waals surface area contributed by atoms with Crippen molar-refractivity contribution in [1.82, 2.24) is 4.90 Å². The number of aliphatic hydroxyl groups is 1. The number of unbranched alkanes of at least 4 members (excludes halogenated alkanes) is 9. The summed E-state index contributed by atoms with van der Waals surface area (Å²) in [5, 5.41) is 9.20. The van der Waals surface area contributed by atoms with Crippen LogP contribution < -0.4 is 0 Å². The molecule has 0 aromatic carbocycles. The van der Waals surface area contributed by atoms with Gasteiger partial charge in [0.15, 0.2) is 0 Å². The number of hydrogen-bond donors (Lipinski definition) is 1. The normalized spacial score (nSPS) is 13.2. The summed E-state index contributed by atoms with van der Waals surface area (Å²) in [5.74, 6) is 0. The van der Waals surface area contributed by atoms with Crippen LogP contribution in [-0.2, 0) is 0 Å². The van der Waals surface area contributed by atoms with Gasteiger partial charge in [-0.25, -0.2) is 0 Å². The summed E-state index contributed by atoms with van der Waals surface area (Å²) < 4.78 is 0. The van der Waals surface area contributed by atoms with Crippen LogP contribution in [-0.4, -0.2) is 36.8 Å². The SMILES string of the molecule is CCCCCCCCCCCCC(CO)N(C)C. The van der Waals surface area contributed by atoms with E-state index in [1.165, 1.54) is 64.2 Å². The van der Waals surface area contributed by atoms with Crippen molar-refractivity contribution in [3.63, 3.8) is 0 Å². The lowest BCUT2D eigenvalue weighted by Gasteiger charge is -2.21. The minimum absolute atomic E-state index is 0.296. The Balaban J connectivity index is 3.15. The van der Waals surface area contributed by atoms with Crippen molar-refractivity contribution < 1.29 is 5.11 Å². The molecule has 1 N–H and O–H groups in total. The van der Waals surface area contributed by atoms with Crippen LogP contribution in [0.1, 0.15) is 77.6 Å². The van der Waals surface area contributed by atoms with Gasteiger partial charge in [-0.05, 0) is 20.5 Å². The van der Waals surface area contributed by atoms with Gasteiger partial charge in [-0.1, -0.05) is 71.1 Å². The first kappa shape index (κ1) is 17.9. The fraction of sp³-hybridized carbons (Fsp3) is 1.00. The molecule has 1 unspecified atom stereocenters. The zero-order chi connectivity index (χ0) is 13.6. The molecule has 0 radical (unpaired) electrons. The summed E-state index contributed by atoms with van der Waals surface area (Å²) in [6, 6.07) is 0.360. The second-order valence-electron chi connectivity index (χ2n) is 5.77. The van der Waals surface area contributed by atoms with E-state index in [4.69, 9.17) is 0 Å². The molecule has 0 aromatic heterocycles. The van der Waals surface area contributed by atoms with Gasteiger partial charge in [0.1, 0.15) is 0 Å². The lowest BCUT2D eigenvalue weighted by Crippen LogP contribution is -2.31. The Morgan fingerprint density at radius 1 is 0.778 bits per heavy atom. The van der Waals surface area contributed by atoms with E-state index in [0.29, 0.717) is 12.6 Å². The highest BCUT2D eigenvalue weighted by atomic mass is 16.3. The van der Waals surface area contributed by atoms with Crippen molar-refractivity contribution in [2.24, 2.45) is 0 Å². The molecule has 0 rings (SSSR count). The average molecular weight is 257 g/mol. The maximum atomic E-state index is 9.20. The molecule has 0 aromatic rings. The third kappa shape index (κ3) is 11.0. The Morgan fingerprint density at radius 3 is 1.61 bits per heavy atom. The second-order valence-corrected chi connectivity index (χ2v) is 5.77. The van der Waals surface area contributed by atoms with Crippen molar-refractivity contribution in [3.8, 4) is 0 Å². The Morgan fingerprint density at radius 2 is 1.22 bits per heavy atom. The molecule has 0 heterocycles. The van der Waals surface area contributed by atoms with Crippen molar-refractivity contribution in [3.05, 3.63) is 0 Å². The quantitative estimate of drug-likeness (QED) is 0.499. The lowest BCUT2D eigenvalue weighted by molar-refractivity contribution is 0.159. The molecule has 1 atom stereocenters. The predicted molar refractivity (Wildman–Crippen MR) is 81.0 cm³/mol. The average Bonchev–Trinajstić information content (AvgIpc) is 2.35. The van der Waals surface area contributed by atoms with Crippen LogP contribution in [0.25, 0.3) is 0 Å². The summed E-state index contributed by atoms with van der Waals surface area (Å²) in [6.07, 6.45) is 15.0. The number of rotatable bonds is 13. The van der Waals surface area contributed by atoms with Gasteiger partial charge < -0.3 is 10.0 Å². The molecule has 0 aliphatic carbocycles. The molecule has 18 heavy (non-hydrogen) atoms. The summed E-state index contributed by atoms with van der Waals surface area (Å²) in [4.78, 5) is 2.13. The Hall–Kier alpha value is -0.0800. The van der Waals surface area contributed by atoms with Gasteiger partial charge in [-0.2, -0.15) is 0 Å². The van der Waals surface area contributed by atoms with Gasteiger partial charge in [0.2, 0.25) is 0 Å². The molecule has 0 saturated heterocycles. The lowest BCUT2D eigenvalue weighted by atomic mass is 10.0. The molecule has 0 amide bonds. The monoisotopic (exact) mass is 257 g/mol. The maximum absolute atomic E-state index is 9.20. The highest BCUT2D eigenvalue weighted by Gasteiger charge is 2.08. The minimum Gasteiger partial charge on any atom is -0.395 e. The van der Waals surface area contributed by atoms with Crippen LogP contribution in [0.2, 0.25) is 0 Å². The van der Waals surface area contributed by atoms with E-state index >= 15 is 0 Å².